The fourth-order valence-electron chi connectivity index (χ4n) is 2.98. The van der Waals surface area contributed by atoms with Crippen molar-refractivity contribution in [2.24, 2.45) is 0 Å². The number of rotatable bonds is 13. The molecule has 0 saturated carbocycles. The van der Waals surface area contributed by atoms with Gasteiger partial charge in [-0.1, -0.05) is 24.3 Å². The fraction of sp³-hybridized carbons (Fsp3) is 0.320. The third kappa shape index (κ3) is 10.2. The maximum absolute atomic E-state index is 12.1. The molecule has 1 atom stereocenters. The summed E-state index contributed by atoms with van der Waals surface area (Å²) in [5.74, 6) is 1.80. The molecule has 0 saturated heterocycles. The smallest absolute Gasteiger partial charge is 0.497 e. The molecule has 2 amide bonds. The summed E-state index contributed by atoms with van der Waals surface area (Å²) in [6, 6.07) is 11.5. The zero-order valence-electron chi connectivity index (χ0n) is 20.3. The quantitative estimate of drug-likeness (QED) is 0.156. The lowest BCUT2D eigenvalue weighted by atomic mass is 10.1. The standard InChI is InChI=1S/C25H30N2O8S/c1-32-20-14-18(15-21(16-20)33-2)5-4-17-6-8-19(9-7-17)35-25(31)34-12-11-26-23(28)22(10-13-36-3)27-24(29)30/h4-9,14-16,22,27H,10-13H2,1-3H3,(H,26,28)(H,29,30). The van der Waals surface area contributed by atoms with Crippen LogP contribution < -0.4 is 24.8 Å². The third-order valence-corrected chi connectivity index (χ3v) is 5.41. The van der Waals surface area contributed by atoms with Gasteiger partial charge in [-0.25, -0.2) is 9.59 Å². The zero-order chi connectivity index (χ0) is 26.3. The summed E-state index contributed by atoms with van der Waals surface area (Å²) in [4.78, 5) is 34.9. The molecule has 194 valence electrons. The van der Waals surface area contributed by atoms with E-state index in [1.165, 1.54) is 11.8 Å². The van der Waals surface area contributed by atoms with Crippen LogP contribution in [0, 0.1) is 0 Å². The predicted octanol–water partition coefficient (Wildman–Crippen LogP) is 3.90. The Kier molecular flexibility index (Phi) is 12.0. The minimum absolute atomic E-state index is 0.0176. The molecule has 11 heteroatoms. The van der Waals surface area contributed by atoms with Crippen molar-refractivity contribution in [2.75, 3.05) is 39.4 Å². The van der Waals surface area contributed by atoms with E-state index in [1.54, 1.807) is 44.6 Å². The van der Waals surface area contributed by atoms with Gasteiger partial charge in [0.1, 0.15) is 29.9 Å². The van der Waals surface area contributed by atoms with E-state index in [2.05, 4.69) is 10.6 Å². The summed E-state index contributed by atoms with van der Waals surface area (Å²) in [7, 11) is 3.18. The van der Waals surface area contributed by atoms with E-state index in [0.717, 1.165) is 11.1 Å². The second-order valence-electron chi connectivity index (χ2n) is 7.32. The van der Waals surface area contributed by atoms with E-state index in [1.807, 2.05) is 30.5 Å². The average Bonchev–Trinajstić information content (AvgIpc) is 2.88. The molecule has 3 N–H and O–H groups in total. The minimum Gasteiger partial charge on any atom is -0.497 e. The Balaban J connectivity index is 1.79. The molecule has 0 bridgehead atoms. The van der Waals surface area contributed by atoms with E-state index >= 15 is 0 Å². The van der Waals surface area contributed by atoms with Gasteiger partial charge in [-0.15, -0.1) is 0 Å². The van der Waals surface area contributed by atoms with Crippen LogP contribution in [0.5, 0.6) is 17.2 Å². The van der Waals surface area contributed by atoms with E-state index in [4.69, 9.17) is 24.1 Å². The lowest BCUT2D eigenvalue weighted by molar-refractivity contribution is -0.123. The average molecular weight is 519 g/mol. The Morgan fingerprint density at radius 2 is 1.61 bits per heavy atom. The van der Waals surface area contributed by atoms with Crippen molar-refractivity contribution in [3.8, 4) is 17.2 Å². The van der Waals surface area contributed by atoms with Gasteiger partial charge in [-0.2, -0.15) is 11.8 Å². The van der Waals surface area contributed by atoms with Crippen LogP contribution in [0.15, 0.2) is 42.5 Å². The van der Waals surface area contributed by atoms with Crippen molar-refractivity contribution in [1.82, 2.24) is 10.6 Å². The molecule has 2 aromatic rings. The second-order valence-corrected chi connectivity index (χ2v) is 8.31. The first kappa shape index (κ1) is 28.4. The number of carbonyl (C=O) groups is 3. The summed E-state index contributed by atoms with van der Waals surface area (Å²) in [6.07, 6.45) is 3.81. The summed E-state index contributed by atoms with van der Waals surface area (Å²) < 4.78 is 20.6. The molecule has 2 aromatic carbocycles. The number of hydrogen-bond donors (Lipinski definition) is 3. The molecule has 0 radical (unpaired) electrons. The first-order valence-electron chi connectivity index (χ1n) is 11.0. The molecule has 0 aromatic heterocycles. The molecule has 1 unspecified atom stereocenters. The van der Waals surface area contributed by atoms with Gasteiger partial charge in [0.2, 0.25) is 5.91 Å². The molecule has 0 fully saturated rings. The largest absolute Gasteiger partial charge is 0.513 e. The van der Waals surface area contributed by atoms with Crippen molar-refractivity contribution in [3.05, 3.63) is 53.6 Å². The van der Waals surface area contributed by atoms with Crippen molar-refractivity contribution < 1.29 is 38.4 Å². The normalized spacial score (nSPS) is 11.4. The van der Waals surface area contributed by atoms with E-state index < -0.39 is 24.2 Å². The Labute approximate surface area is 213 Å². The van der Waals surface area contributed by atoms with E-state index in [0.29, 0.717) is 29.4 Å². The highest BCUT2D eigenvalue weighted by Crippen LogP contribution is 2.24. The molecule has 0 heterocycles. The molecule has 0 aliphatic heterocycles. The molecule has 10 nitrogen and oxygen atoms in total. The summed E-state index contributed by atoms with van der Waals surface area (Å²) >= 11 is 1.50. The highest BCUT2D eigenvalue weighted by molar-refractivity contribution is 7.98. The van der Waals surface area contributed by atoms with Crippen LogP contribution in [0.25, 0.3) is 12.2 Å². The van der Waals surface area contributed by atoms with Crippen LogP contribution in [0.1, 0.15) is 17.5 Å². The highest BCUT2D eigenvalue weighted by Gasteiger charge is 2.19. The van der Waals surface area contributed by atoms with Gasteiger partial charge in [0.25, 0.3) is 0 Å². The number of benzene rings is 2. The number of carboxylic acid groups (broad SMARTS) is 1. The van der Waals surface area contributed by atoms with E-state index in [-0.39, 0.29) is 13.2 Å². The number of methoxy groups -OCH3 is 2. The van der Waals surface area contributed by atoms with Crippen molar-refractivity contribution in [3.63, 3.8) is 0 Å². The van der Waals surface area contributed by atoms with Gasteiger partial charge in [0, 0.05) is 6.07 Å². The molecular weight excluding hydrogens is 488 g/mol. The molecule has 2 rings (SSSR count). The molecule has 36 heavy (non-hydrogen) atoms. The molecule has 0 spiro atoms. The number of hydrogen-bond acceptors (Lipinski definition) is 8. The molecule has 0 aliphatic carbocycles. The molecule has 0 aliphatic rings. The Morgan fingerprint density at radius 1 is 0.972 bits per heavy atom. The SMILES string of the molecule is COc1cc(C=Cc2ccc(OC(=O)OCCNC(=O)C(CCSC)NC(=O)O)cc2)cc(OC)c1. The maximum Gasteiger partial charge on any atom is 0.513 e. The van der Waals surface area contributed by atoms with Crippen LogP contribution >= 0.6 is 11.8 Å². The van der Waals surface area contributed by atoms with Gasteiger partial charge in [0.05, 0.1) is 20.8 Å². The molecular formula is C25H30N2O8S. The van der Waals surface area contributed by atoms with Crippen LogP contribution in [-0.4, -0.2) is 68.7 Å². The number of ether oxygens (including phenoxy) is 4. The van der Waals surface area contributed by atoms with Crippen LogP contribution in [0.3, 0.4) is 0 Å². The maximum atomic E-state index is 12.1. The first-order valence-corrected chi connectivity index (χ1v) is 12.4. The van der Waals surface area contributed by atoms with Crippen LogP contribution in [0.4, 0.5) is 9.59 Å². The van der Waals surface area contributed by atoms with Gasteiger partial charge < -0.3 is 34.7 Å². The minimum atomic E-state index is -1.28. The monoisotopic (exact) mass is 518 g/mol. The lowest BCUT2D eigenvalue weighted by Gasteiger charge is -2.16. The predicted molar refractivity (Wildman–Crippen MR) is 138 cm³/mol. The van der Waals surface area contributed by atoms with Gasteiger partial charge >= 0.3 is 12.2 Å². The number of amides is 2. The number of carbonyl (C=O) groups excluding carboxylic acids is 2. The van der Waals surface area contributed by atoms with E-state index in [9.17, 15) is 14.4 Å². The van der Waals surface area contributed by atoms with Gasteiger partial charge in [-0.3, -0.25) is 4.79 Å². The van der Waals surface area contributed by atoms with Crippen molar-refractivity contribution >= 4 is 42.1 Å². The Morgan fingerprint density at radius 3 is 2.19 bits per heavy atom. The van der Waals surface area contributed by atoms with Crippen molar-refractivity contribution in [2.45, 2.75) is 12.5 Å². The van der Waals surface area contributed by atoms with Gasteiger partial charge in [-0.05, 0) is 53.8 Å². The van der Waals surface area contributed by atoms with Crippen molar-refractivity contribution in [1.29, 1.82) is 0 Å². The fourth-order valence-corrected chi connectivity index (χ4v) is 3.45. The second kappa shape index (κ2) is 15.2. The zero-order valence-corrected chi connectivity index (χ0v) is 21.1. The highest BCUT2D eigenvalue weighted by atomic mass is 32.2. The summed E-state index contributed by atoms with van der Waals surface area (Å²) in [6.45, 7) is -0.110. The van der Waals surface area contributed by atoms with Gasteiger partial charge in [0.15, 0.2) is 0 Å². The Bertz CT molecular complexity index is 1020. The van der Waals surface area contributed by atoms with Crippen LogP contribution in [-0.2, 0) is 9.53 Å². The lowest BCUT2D eigenvalue weighted by Crippen LogP contribution is -2.47. The third-order valence-electron chi connectivity index (χ3n) is 4.77. The van der Waals surface area contributed by atoms with Crippen LogP contribution in [0.2, 0.25) is 0 Å². The summed E-state index contributed by atoms with van der Waals surface area (Å²) in [5, 5.41) is 13.6. The summed E-state index contributed by atoms with van der Waals surface area (Å²) in [5.41, 5.74) is 1.78. The first-order chi connectivity index (χ1) is 17.3. The topological polar surface area (TPSA) is 132 Å². The number of thioether (sulfide) groups is 1. The Hall–Kier alpha value is -3.86. The number of nitrogens with one attached hydrogen (secondary N) is 2.